The van der Waals surface area contributed by atoms with Crippen LogP contribution in [0.3, 0.4) is 0 Å². The van der Waals surface area contributed by atoms with Gasteiger partial charge in [-0.1, -0.05) is 66.2 Å². The number of hydrogen-bond donors (Lipinski definition) is 1. The molecule has 0 aliphatic carbocycles. The summed E-state index contributed by atoms with van der Waals surface area (Å²) >= 11 is 5.95. The number of methoxy groups -OCH3 is 1. The summed E-state index contributed by atoms with van der Waals surface area (Å²) in [4.78, 5) is 0. The van der Waals surface area contributed by atoms with Crippen LogP contribution >= 0.6 is 11.6 Å². The third-order valence-corrected chi connectivity index (χ3v) is 4.73. The van der Waals surface area contributed by atoms with Gasteiger partial charge in [0, 0.05) is 23.2 Å². The third kappa shape index (κ3) is 5.25. The van der Waals surface area contributed by atoms with Crippen molar-refractivity contribution in [2.24, 2.45) is 0 Å². The zero-order valence-electron chi connectivity index (χ0n) is 15.6. The average molecular weight is 382 g/mol. The van der Waals surface area contributed by atoms with E-state index in [0.29, 0.717) is 13.2 Å². The molecule has 0 amide bonds. The zero-order valence-corrected chi connectivity index (χ0v) is 16.4. The number of nitrogens with one attached hydrogen (secondary N) is 1. The molecule has 1 atom stereocenters. The molecule has 140 valence electrons. The van der Waals surface area contributed by atoms with Crippen molar-refractivity contribution >= 4 is 11.6 Å². The van der Waals surface area contributed by atoms with Crippen molar-refractivity contribution in [1.82, 2.24) is 5.32 Å². The number of benzene rings is 3. The molecule has 4 heteroatoms. The Morgan fingerprint density at radius 2 is 1.67 bits per heavy atom. The Hall–Kier alpha value is -2.49. The molecule has 0 fully saturated rings. The molecule has 0 aliphatic heterocycles. The topological polar surface area (TPSA) is 30.5 Å². The molecule has 0 bridgehead atoms. The van der Waals surface area contributed by atoms with E-state index in [1.54, 1.807) is 7.11 Å². The van der Waals surface area contributed by atoms with Gasteiger partial charge in [0.05, 0.1) is 7.11 Å². The van der Waals surface area contributed by atoms with Crippen molar-refractivity contribution in [1.29, 1.82) is 0 Å². The van der Waals surface area contributed by atoms with Gasteiger partial charge < -0.3 is 14.8 Å². The molecular weight excluding hydrogens is 358 g/mol. The lowest BCUT2D eigenvalue weighted by molar-refractivity contribution is 0.280. The fraction of sp³-hybridized carbons (Fsp3) is 0.217. The van der Waals surface area contributed by atoms with Gasteiger partial charge in [0.25, 0.3) is 0 Å². The molecule has 27 heavy (non-hydrogen) atoms. The van der Waals surface area contributed by atoms with E-state index in [1.165, 1.54) is 5.56 Å². The first-order chi connectivity index (χ1) is 13.2. The van der Waals surface area contributed by atoms with Gasteiger partial charge in [-0.15, -0.1) is 0 Å². The van der Waals surface area contributed by atoms with E-state index in [4.69, 9.17) is 21.1 Å². The SMILES string of the molecule is COc1cccc(CNC(C)c2ccccc2)c1OCc1ccc(Cl)cc1. The van der Waals surface area contributed by atoms with Crippen molar-refractivity contribution in [3.63, 3.8) is 0 Å². The maximum atomic E-state index is 6.12. The fourth-order valence-electron chi connectivity index (χ4n) is 2.88. The van der Waals surface area contributed by atoms with Gasteiger partial charge in [0.1, 0.15) is 6.61 Å². The first kappa shape index (κ1) is 19.3. The molecule has 0 heterocycles. The average Bonchev–Trinajstić information content (AvgIpc) is 2.72. The van der Waals surface area contributed by atoms with Crippen molar-refractivity contribution in [3.05, 3.63) is 94.5 Å². The molecule has 0 aromatic heterocycles. The molecule has 3 nitrogen and oxygen atoms in total. The number of ether oxygens (including phenoxy) is 2. The van der Waals surface area contributed by atoms with Crippen LogP contribution in [0.1, 0.15) is 29.7 Å². The smallest absolute Gasteiger partial charge is 0.166 e. The highest BCUT2D eigenvalue weighted by atomic mass is 35.5. The van der Waals surface area contributed by atoms with Crippen molar-refractivity contribution in [3.8, 4) is 11.5 Å². The second kappa shape index (κ2) is 9.45. The van der Waals surface area contributed by atoms with Gasteiger partial charge in [0.15, 0.2) is 11.5 Å². The molecular formula is C23H24ClNO2. The molecule has 1 N–H and O–H groups in total. The number of hydrogen-bond acceptors (Lipinski definition) is 3. The zero-order chi connectivity index (χ0) is 19.1. The largest absolute Gasteiger partial charge is 0.493 e. The van der Waals surface area contributed by atoms with Gasteiger partial charge in [0.2, 0.25) is 0 Å². The maximum Gasteiger partial charge on any atom is 0.166 e. The third-order valence-electron chi connectivity index (χ3n) is 4.48. The Bertz CT molecular complexity index is 850. The van der Waals surface area contributed by atoms with Gasteiger partial charge in [-0.25, -0.2) is 0 Å². The highest BCUT2D eigenvalue weighted by Crippen LogP contribution is 2.32. The monoisotopic (exact) mass is 381 g/mol. The number of halogens is 1. The Morgan fingerprint density at radius 3 is 2.37 bits per heavy atom. The molecule has 0 spiro atoms. The summed E-state index contributed by atoms with van der Waals surface area (Å²) in [5, 5.41) is 4.28. The first-order valence-corrected chi connectivity index (χ1v) is 9.36. The minimum Gasteiger partial charge on any atom is -0.493 e. The van der Waals surface area contributed by atoms with E-state index in [9.17, 15) is 0 Å². The van der Waals surface area contributed by atoms with Crippen molar-refractivity contribution in [2.75, 3.05) is 7.11 Å². The summed E-state index contributed by atoms with van der Waals surface area (Å²) in [5.74, 6) is 1.50. The molecule has 0 radical (unpaired) electrons. The van der Waals surface area contributed by atoms with E-state index in [2.05, 4.69) is 42.6 Å². The van der Waals surface area contributed by atoms with Gasteiger partial charge >= 0.3 is 0 Å². The lowest BCUT2D eigenvalue weighted by Crippen LogP contribution is -2.18. The molecule has 1 unspecified atom stereocenters. The highest BCUT2D eigenvalue weighted by molar-refractivity contribution is 6.30. The Morgan fingerprint density at radius 1 is 0.926 bits per heavy atom. The van der Waals surface area contributed by atoms with E-state index < -0.39 is 0 Å². The van der Waals surface area contributed by atoms with Crippen LogP contribution in [0.15, 0.2) is 72.8 Å². The lowest BCUT2D eigenvalue weighted by Gasteiger charge is -2.18. The summed E-state index contributed by atoms with van der Waals surface area (Å²) in [6.07, 6.45) is 0. The predicted octanol–water partition coefficient (Wildman–Crippen LogP) is 5.78. The summed E-state index contributed by atoms with van der Waals surface area (Å²) in [6.45, 7) is 3.30. The Kier molecular flexibility index (Phi) is 6.74. The van der Waals surface area contributed by atoms with Crippen LogP contribution in [0.5, 0.6) is 11.5 Å². The number of para-hydroxylation sites is 1. The summed E-state index contributed by atoms with van der Waals surface area (Å²) in [5.41, 5.74) is 3.37. The summed E-state index contributed by atoms with van der Waals surface area (Å²) in [7, 11) is 1.66. The molecule has 0 aliphatic rings. The van der Waals surface area contributed by atoms with Crippen LogP contribution in [0.2, 0.25) is 5.02 Å². The van der Waals surface area contributed by atoms with E-state index in [0.717, 1.165) is 27.6 Å². The number of rotatable bonds is 8. The van der Waals surface area contributed by atoms with Gasteiger partial charge in [-0.2, -0.15) is 0 Å². The lowest BCUT2D eigenvalue weighted by atomic mass is 10.1. The molecule has 3 aromatic carbocycles. The Balaban J connectivity index is 1.71. The van der Waals surface area contributed by atoms with Crippen molar-refractivity contribution < 1.29 is 9.47 Å². The van der Waals surface area contributed by atoms with Gasteiger partial charge in [-0.05, 0) is 36.2 Å². The normalized spacial score (nSPS) is 11.8. The van der Waals surface area contributed by atoms with Crippen LogP contribution in [-0.4, -0.2) is 7.11 Å². The van der Waals surface area contributed by atoms with Crippen molar-refractivity contribution in [2.45, 2.75) is 26.1 Å². The standard InChI is InChI=1S/C23H24ClNO2/c1-17(19-7-4-3-5-8-19)25-15-20-9-6-10-22(26-2)23(20)27-16-18-11-13-21(24)14-12-18/h3-14,17,25H,15-16H2,1-2H3. The maximum absolute atomic E-state index is 6.12. The molecule has 0 saturated carbocycles. The summed E-state index contributed by atoms with van der Waals surface area (Å²) < 4.78 is 11.6. The fourth-order valence-corrected chi connectivity index (χ4v) is 3.01. The van der Waals surface area contributed by atoms with Gasteiger partial charge in [-0.3, -0.25) is 0 Å². The van der Waals surface area contributed by atoms with E-state index >= 15 is 0 Å². The summed E-state index contributed by atoms with van der Waals surface area (Å²) in [6, 6.07) is 24.3. The first-order valence-electron chi connectivity index (χ1n) is 8.99. The minimum atomic E-state index is 0.238. The van der Waals surface area contributed by atoms with Crippen LogP contribution in [-0.2, 0) is 13.2 Å². The van der Waals surface area contributed by atoms with Crippen LogP contribution in [0.25, 0.3) is 0 Å². The highest BCUT2D eigenvalue weighted by Gasteiger charge is 2.12. The molecule has 3 aromatic rings. The van der Waals surface area contributed by atoms with Crippen LogP contribution in [0.4, 0.5) is 0 Å². The van der Waals surface area contributed by atoms with Crippen LogP contribution in [0, 0.1) is 0 Å². The quantitative estimate of drug-likeness (QED) is 0.536. The Labute approximate surface area is 165 Å². The predicted molar refractivity (Wildman–Crippen MR) is 110 cm³/mol. The molecule has 0 saturated heterocycles. The second-order valence-corrected chi connectivity index (χ2v) is 6.81. The second-order valence-electron chi connectivity index (χ2n) is 6.38. The van der Waals surface area contributed by atoms with E-state index in [-0.39, 0.29) is 6.04 Å². The minimum absolute atomic E-state index is 0.238. The van der Waals surface area contributed by atoms with E-state index in [1.807, 2.05) is 42.5 Å². The molecule has 3 rings (SSSR count). The van der Waals surface area contributed by atoms with Crippen LogP contribution < -0.4 is 14.8 Å².